The molecule has 1 aromatic heterocycles. The molecule has 1 atom stereocenters. The summed E-state index contributed by atoms with van der Waals surface area (Å²) in [6, 6.07) is 26.1. The highest BCUT2D eigenvalue weighted by Crippen LogP contribution is 2.36. The molecule has 304 valence electrons. The van der Waals surface area contributed by atoms with E-state index in [1.54, 1.807) is 29.0 Å². The van der Waals surface area contributed by atoms with E-state index in [1.165, 1.54) is 42.0 Å². The predicted molar refractivity (Wildman–Crippen MR) is 221 cm³/mol. The highest BCUT2D eigenvalue weighted by atomic mass is 16.6. The van der Waals surface area contributed by atoms with Gasteiger partial charge in [0, 0.05) is 87.6 Å². The molecule has 0 radical (unpaired) electrons. The SMILES string of the molecule is Cc1c(C(=O)N(C)c2ccc(O)cc2)cc(-c2cc3c(cc2C(=O)N2Cc4ccccc4C[C@H]2CN2CCOCC2)CN(C(=O)Oc2ccc(C(=O)O)cc2)CC3)n1C. The summed E-state index contributed by atoms with van der Waals surface area (Å²) < 4.78 is 13.3. The molecule has 1 saturated heterocycles. The molecule has 4 aromatic carbocycles. The zero-order chi connectivity index (χ0) is 41.4. The first-order valence-electron chi connectivity index (χ1n) is 19.8. The number of benzene rings is 4. The number of anilines is 1. The number of carboxylic acid groups (broad SMARTS) is 1. The second-order valence-corrected chi connectivity index (χ2v) is 15.5. The molecule has 0 bridgehead atoms. The lowest BCUT2D eigenvalue weighted by atomic mass is 9.89. The topological polar surface area (TPSA) is 145 Å². The lowest BCUT2D eigenvalue weighted by Gasteiger charge is -2.41. The van der Waals surface area contributed by atoms with E-state index in [0.717, 1.165) is 35.5 Å². The fourth-order valence-corrected chi connectivity index (χ4v) is 8.36. The standard InChI is InChI=1S/C46H47N5O8/c1-29-39(43(53)48(3)35-10-12-37(52)13-11-35)25-42(47(29)2)40-23-32-16-17-50(46(57)59-38-14-8-30(9-15-38)45(55)56)26-34(32)24-41(40)44(54)51-27-33-7-5-4-6-31(33)22-36(51)28-49-18-20-58-21-19-49/h4-15,23-25,36,52H,16-22,26-28H2,1-3H3,(H,55,56)/t36-/m0/s1. The average molecular weight is 798 g/mol. The second kappa shape index (κ2) is 16.4. The van der Waals surface area contributed by atoms with Gasteiger partial charge in [-0.2, -0.15) is 0 Å². The zero-order valence-corrected chi connectivity index (χ0v) is 33.4. The molecule has 8 rings (SSSR count). The highest BCUT2D eigenvalue weighted by Gasteiger charge is 2.35. The number of rotatable bonds is 8. The number of aromatic carboxylic acids is 1. The van der Waals surface area contributed by atoms with E-state index >= 15 is 4.79 Å². The van der Waals surface area contributed by atoms with Crippen LogP contribution in [0.15, 0.2) is 91.0 Å². The molecule has 0 aliphatic carbocycles. The van der Waals surface area contributed by atoms with Crippen LogP contribution in [0.5, 0.6) is 11.5 Å². The fraction of sp³-hybridized carbons (Fsp3) is 0.304. The van der Waals surface area contributed by atoms with Gasteiger partial charge in [0.2, 0.25) is 0 Å². The van der Waals surface area contributed by atoms with Crippen LogP contribution < -0.4 is 9.64 Å². The Morgan fingerprint density at radius 2 is 1.54 bits per heavy atom. The van der Waals surface area contributed by atoms with Crippen LogP contribution in [0.2, 0.25) is 0 Å². The van der Waals surface area contributed by atoms with Crippen LogP contribution in [0.25, 0.3) is 11.3 Å². The van der Waals surface area contributed by atoms with Crippen molar-refractivity contribution in [2.45, 2.75) is 38.9 Å². The molecule has 13 nitrogen and oxygen atoms in total. The van der Waals surface area contributed by atoms with Gasteiger partial charge in [-0.15, -0.1) is 0 Å². The van der Waals surface area contributed by atoms with Crippen molar-refractivity contribution < 1.29 is 38.9 Å². The lowest BCUT2D eigenvalue weighted by molar-refractivity contribution is 0.0193. The number of phenolic OH excluding ortho intramolecular Hbond substituents is 1. The number of fused-ring (bicyclic) bond motifs is 2. The van der Waals surface area contributed by atoms with Crippen LogP contribution in [-0.2, 0) is 37.7 Å². The third-order valence-corrected chi connectivity index (χ3v) is 11.9. The van der Waals surface area contributed by atoms with E-state index < -0.39 is 12.1 Å². The van der Waals surface area contributed by atoms with Crippen LogP contribution >= 0.6 is 0 Å². The fourth-order valence-electron chi connectivity index (χ4n) is 8.36. The maximum atomic E-state index is 15.4. The minimum atomic E-state index is -1.07. The molecular weight excluding hydrogens is 751 g/mol. The summed E-state index contributed by atoms with van der Waals surface area (Å²) >= 11 is 0. The molecule has 2 N–H and O–H groups in total. The van der Waals surface area contributed by atoms with Gasteiger partial charge >= 0.3 is 12.1 Å². The maximum absolute atomic E-state index is 15.4. The number of hydrogen-bond acceptors (Lipinski definition) is 8. The number of morpholine rings is 1. The first-order chi connectivity index (χ1) is 28.4. The Kier molecular flexibility index (Phi) is 11.0. The van der Waals surface area contributed by atoms with Gasteiger partial charge in [-0.1, -0.05) is 24.3 Å². The number of carbonyl (C=O) groups excluding carboxylic acids is 3. The number of amides is 3. The minimum Gasteiger partial charge on any atom is -0.508 e. The van der Waals surface area contributed by atoms with E-state index in [-0.39, 0.29) is 41.5 Å². The number of carbonyl (C=O) groups is 4. The number of phenols is 1. The molecule has 3 amide bonds. The van der Waals surface area contributed by atoms with Crippen LogP contribution in [0.1, 0.15) is 59.0 Å². The molecule has 3 aliphatic rings. The van der Waals surface area contributed by atoms with Gasteiger partial charge in [-0.3, -0.25) is 14.5 Å². The molecular formula is C46H47N5O8. The maximum Gasteiger partial charge on any atom is 0.415 e. The number of aromatic hydroxyl groups is 1. The number of aromatic nitrogens is 1. The Balaban J connectivity index is 1.17. The molecule has 3 aliphatic heterocycles. The molecule has 1 fully saturated rings. The van der Waals surface area contributed by atoms with Gasteiger partial charge < -0.3 is 39.0 Å². The quantitative estimate of drug-likeness (QED) is 0.189. The average Bonchev–Trinajstić information content (AvgIpc) is 3.55. The number of ether oxygens (including phenoxy) is 2. The van der Waals surface area contributed by atoms with Crippen LogP contribution in [0.4, 0.5) is 10.5 Å². The Morgan fingerprint density at radius 3 is 2.25 bits per heavy atom. The molecule has 0 spiro atoms. The summed E-state index contributed by atoms with van der Waals surface area (Å²) in [5.74, 6) is -1.10. The first kappa shape index (κ1) is 39.4. The van der Waals surface area contributed by atoms with Crippen molar-refractivity contribution in [3.63, 3.8) is 0 Å². The van der Waals surface area contributed by atoms with E-state index in [1.807, 2.05) is 53.8 Å². The van der Waals surface area contributed by atoms with Gasteiger partial charge in [0.25, 0.3) is 11.8 Å². The smallest absolute Gasteiger partial charge is 0.415 e. The van der Waals surface area contributed by atoms with Crippen LogP contribution in [0.3, 0.4) is 0 Å². The summed E-state index contributed by atoms with van der Waals surface area (Å²) in [6.45, 7) is 6.47. The van der Waals surface area contributed by atoms with Crippen molar-refractivity contribution in [2.75, 3.05) is 51.3 Å². The van der Waals surface area contributed by atoms with Crippen molar-refractivity contribution in [2.24, 2.45) is 7.05 Å². The number of nitrogens with zero attached hydrogens (tertiary/aromatic N) is 5. The van der Waals surface area contributed by atoms with Crippen molar-refractivity contribution in [3.8, 4) is 22.8 Å². The largest absolute Gasteiger partial charge is 0.508 e. The molecule has 5 aromatic rings. The molecule has 59 heavy (non-hydrogen) atoms. The minimum absolute atomic E-state index is 0.0864. The van der Waals surface area contributed by atoms with Gasteiger partial charge in [-0.25, -0.2) is 9.59 Å². The van der Waals surface area contributed by atoms with Crippen molar-refractivity contribution in [1.82, 2.24) is 19.3 Å². The van der Waals surface area contributed by atoms with E-state index in [4.69, 9.17) is 9.47 Å². The summed E-state index contributed by atoms with van der Waals surface area (Å²) in [5, 5.41) is 19.1. The number of carboxylic acids is 1. The predicted octanol–water partition coefficient (Wildman–Crippen LogP) is 6.14. The second-order valence-electron chi connectivity index (χ2n) is 15.5. The van der Waals surface area contributed by atoms with Crippen molar-refractivity contribution in [3.05, 3.63) is 136 Å². The number of hydrogen-bond donors (Lipinski definition) is 2. The zero-order valence-electron chi connectivity index (χ0n) is 33.4. The molecule has 0 saturated carbocycles. The van der Waals surface area contributed by atoms with Crippen LogP contribution in [-0.4, -0.2) is 106 Å². The van der Waals surface area contributed by atoms with Gasteiger partial charge in [0.05, 0.1) is 24.3 Å². The summed E-state index contributed by atoms with van der Waals surface area (Å²) in [5.41, 5.74) is 7.93. The highest BCUT2D eigenvalue weighted by molar-refractivity contribution is 6.08. The summed E-state index contributed by atoms with van der Waals surface area (Å²) in [6.07, 6.45) is 0.630. The van der Waals surface area contributed by atoms with Crippen molar-refractivity contribution >= 4 is 29.6 Å². The van der Waals surface area contributed by atoms with E-state index in [0.29, 0.717) is 73.8 Å². The monoisotopic (exact) mass is 797 g/mol. The Labute approximate surface area is 342 Å². The Hall–Kier alpha value is -6.44. The summed E-state index contributed by atoms with van der Waals surface area (Å²) in [4.78, 5) is 61.7. The van der Waals surface area contributed by atoms with Crippen LogP contribution in [0, 0.1) is 6.92 Å². The van der Waals surface area contributed by atoms with Crippen molar-refractivity contribution in [1.29, 1.82) is 0 Å². The molecule has 4 heterocycles. The first-order valence-corrected chi connectivity index (χ1v) is 19.8. The lowest BCUT2D eigenvalue weighted by Crippen LogP contribution is -2.52. The third kappa shape index (κ3) is 8.03. The van der Waals surface area contributed by atoms with Gasteiger partial charge in [0.15, 0.2) is 0 Å². The molecule has 13 heteroatoms. The Bertz CT molecular complexity index is 2420. The Morgan fingerprint density at radius 1 is 0.831 bits per heavy atom. The van der Waals surface area contributed by atoms with Gasteiger partial charge in [-0.05, 0) is 109 Å². The third-order valence-electron chi connectivity index (χ3n) is 11.9. The van der Waals surface area contributed by atoms with E-state index in [2.05, 4.69) is 17.0 Å². The van der Waals surface area contributed by atoms with E-state index in [9.17, 15) is 24.6 Å². The summed E-state index contributed by atoms with van der Waals surface area (Å²) in [7, 11) is 3.59. The normalized spacial score (nSPS) is 16.6. The van der Waals surface area contributed by atoms with Gasteiger partial charge in [0.1, 0.15) is 11.5 Å². The molecule has 0 unspecified atom stereocenters.